The Bertz CT molecular complexity index is 702. The third-order valence-electron chi connectivity index (χ3n) is 4.24. The number of hydrogen-bond donors (Lipinski definition) is 1. The van der Waals surface area contributed by atoms with Gasteiger partial charge in [-0.3, -0.25) is 9.69 Å². The van der Waals surface area contributed by atoms with Crippen molar-refractivity contribution in [3.8, 4) is 11.5 Å². The molecule has 120 valence electrons. The number of benzene rings is 1. The van der Waals surface area contributed by atoms with Crippen LogP contribution in [0.2, 0.25) is 0 Å². The number of likely N-dealkylation sites (tertiary alicyclic amines) is 1. The standard InChI is InChI=1S/C17H18N2O3S/c20-17(18-12-5-6-14-15(9-12)22-11-21-14)10-19-7-1-3-13(19)16-4-2-8-23-16/h2,4-6,8-9,13H,1,3,7,10-11H2,(H,18,20)/t13-/m1/s1. The third-order valence-corrected chi connectivity index (χ3v) is 5.21. The maximum Gasteiger partial charge on any atom is 0.238 e. The summed E-state index contributed by atoms with van der Waals surface area (Å²) < 4.78 is 10.6. The number of nitrogens with one attached hydrogen (secondary N) is 1. The van der Waals surface area contributed by atoms with Crippen LogP contribution < -0.4 is 14.8 Å². The number of amides is 1. The smallest absolute Gasteiger partial charge is 0.238 e. The molecule has 4 rings (SSSR count). The second-order valence-electron chi connectivity index (χ2n) is 5.76. The van der Waals surface area contributed by atoms with Crippen LogP contribution in [0.15, 0.2) is 35.7 Å². The lowest BCUT2D eigenvalue weighted by atomic mass is 10.2. The van der Waals surface area contributed by atoms with E-state index < -0.39 is 0 Å². The molecule has 1 atom stereocenters. The first-order valence-corrected chi connectivity index (χ1v) is 8.64. The lowest BCUT2D eigenvalue weighted by molar-refractivity contribution is -0.117. The Labute approximate surface area is 138 Å². The molecule has 0 unspecified atom stereocenters. The highest BCUT2D eigenvalue weighted by Crippen LogP contribution is 2.35. The van der Waals surface area contributed by atoms with Crippen molar-refractivity contribution in [2.45, 2.75) is 18.9 Å². The van der Waals surface area contributed by atoms with E-state index in [1.807, 2.05) is 12.1 Å². The number of fused-ring (bicyclic) bond motifs is 1. The normalized spacial score (nSPS) is 19.9. The Kier molecular flexibility index (Phi) is 3.93. The zero-order chi connectivity index (χ0) is 15.6. The molecule has 0 spiro atoms. The van der Waals surface area contributed by atoms with Crippen molar-refractivity contribution in [1.29, 1.82) is 0 Å². The van der Waals surface area contributed by atoms with Gasteiger partial charge in [-0.05, 0) is 43.0 Å². The molecule has 3 heterocycles. The molecule has 0 bridgehead atoms. The van der Waals surface area contributed by atoms with Crippen molar-refractivity contribution >= 4 is 22.9 Å². The van der Waals surface area contributed by atoms with Gasteiger partial charge in [-0.25, -0.2) is 0 Å². The second kappa shape index (κ2) is 6.22. The third kappa shape index (κ3) is 3.04. The molecular weight excluding hydrogens is 312 g/mol. The average Bonchev–Trinajstić information content (AvgIpc) is 3.27. The first kappa shape index (κ1) is 14.5. The minimum Gasteiger partial charge on any atom is -0.454 e. The molecule has 1 saturated heterocycles. The van der Waals surface area contributed by atoms with Crippen LogP contribution in [0.25, 0.3) is 0 Å². The summed E-state index contributed by atoms with van der Waals surface area (Å²) in [5.74, 6) is 1.41. The second-order valence-corrected chi connectivity index (χ2v) is 6.74. The lowest BCUT2D eigenvalue weighted by Gasteiger charge is -2.22. The Morgan fingerprint density at radius 2 is 2.22 bits per heavy atom. The van der Waals surface area contributed by atoms with Crippen LogP contribution >= 0.6 is 11.3 Å². The molecule has 23 heavy (non-hydrogen) atoms. The number of ether oxygens (including phenoxy) is 2. The van der Waals surface area contributed by atoms with Gasteiger partial charge in [0.15, 0.2) is 11.5 Å². The van der Waals surface area contributed by atoms with E-state index in [2.05, 4.69) is 27.7 Å². The van der Waals surface area contributed by atoms with E-state index in [-0.39, 0.29) is 12.7 Å². The van der Waals surface area contributed by atoms with Crippen molar-refractivity contribution < 1.29 is 14.3 Å². The van der Waals surface area contributed by atoms with Gasteiger partial charge in [0.2, 0.25) is 12.7 Å². The van der Waals surface area contributed by atoms with Gasteiger partial charge in [-0.15, -0.1) is 11.3 Å². The number of carbonyl (C=O) groups excluding carboxylic acids is 1. The quantitative estimate of drug-likeness (QED) is 0.935. The van der Waals surface area contributed by atoms with E-state index >= 15 is 0 Å². The Morgan fingerprint density at radius 3 is 3.09 bits per heavy atom. The summed E-state index contributed by atoms with van der Waals surface area (Å²) in [5, 5.41) is 5.05. The monoisotopic (exact) mass is 330 g/mol. The van der Waals surface area contributed by atoms with Gasteiger partial charge in [0.25, 0.3) is 0 Å². The fourth-order valence-electron chi connectivity index (χ4n) is 3.18. The molecule has 2 aliphatic rings. The molecule has 1 fully saturated rings. The zero-order valence-corrected chi connectivity index (χ0v) is 13.5. The van der Waals surface area contributed by atoms with Crippen molar-refractivity contribution in [2.75, 3.05) is 25.2 Å². The summed E-state index contributed by atoms with van der Waals surface area (Å²) in [5.41, 5.74) is 0.742. The van der Waals surface area contributed by atoms with E-state index in [9.17, 15) is 4.79 Å². The number of hydrogen-bond acceptors (Lipinski definition) is 5. The number of anilines is 1. The van der Waals surface area contributed by atoms with E-state index in [4.69, 9.17) is 9.47 Å². The van der Waals surface area contributed by atoms with Gasteiger partial charge in [-0.2, -0.15) is 0 Å². The summed E-state index contributed by atoms with van der Waals surface area (Å²) >= 11 is 1.76. The molecule has 0 radical (unpaired) electrons. The predicted molar refractivity (Wildman–Crippen MR) is 89.1 cm³/mol. The molecule has 2 aliphatic heterocycles. The molecule has 1 amide bonds. The maximum atomic E-state index is 12.4. The van der Waals surface area contributed by atoms with Gasteiger partial charge in [-0.1, -0.05) is 6.07 Å². The average molecular weight is 330 g/mol. The fourth-order valence-corrected chi connectivity index (χ4v) is 4.07. The van der Waals surface area contributed by atoms with Crippen molar-refractivity contribution in [3.05, 3.63) is 40.6 Å². The van der Waals surface area contributed by atoms with Crippen LogP contribution in [0.1, 0.15) is 23.8 Å². The molecule has 0 saturated carbocycles. The maximum absolute atomic E-state index is 12.4. The van der Waals surface area contributed by atoms with E-state index in [1.54, 1.807) is 17.4 Å². The van der Waals surface area contributed by atoms with Crippen LogP contribution in [-0.4, -0.2) is 30.7 Å². The summed E-state index contributed by atoms with van der Waals surface area (Å²) in [6.07, 6.45) is 2.26. The molecule has 1 N–H and O–H groups in total. The minimum absolute atomic E-state index is 0.00678. The van der Waals surface area contributed by atoms with E-state index in [0.29, 0.717) is 18.3 Å². The van der Waals surface area contributed by atoms with Crippen molar-refractivity contribution in [2.24, 2.45) is 0 Å². The van der Waals surface area contributed by atoms with Gasteiger partial charge >= 0.3 is 0 Å². The first-order valence-electron chi connectivity index (χ1n) is 7.76. The van der Waals surface area contributed by atoms with Crippen LogP contribution in [0.4, 0.5) is 5.69 Å². The molecule has 5 nitrogen and oxygen atoms in total. The highest BCUT2D eigenvalue weighted by atomic mass is 32.1. The Hall–Kier alpha value is -2.05. The van der Waals surface area contributed by atoms with Crippen molar-refractivity contribution in [1.82, 2.24) is 4.90 Å². The molecule has 1 aromatic heterocycles. The first-order chi connectivity index (χ1) is 11.3. The van der Waals surface area contributed by atoms with Gasteiger partial charge in [0.1, 0.15) is 0 Å². The summed E-state index contributed by atoms with van der Waals surface area (Å²) in [6, 6.07) is 10.1. The number of thiophene rings is 1. The number of nitrogens with zero attached hydrogens (tertiary/aromatic N) is 1. The predicted octanol–water partition coefficient (Wildman–Crippen LogP) is 3.25. The zero-order valence-electron chi connectivity index (χ0n) is 12.7. The highest BCUT2D eigenvalue weighted by molar-refractivity contribution is 7.10. The topological polar surface area (TPSA) is 50.8 Å². The van der Waals surface area contributed by atoms with Gasteiger partial charge in [0.05, 0.1) is 6.54 Å². The number of carbonyl (C=O) groups is 1. The van der Waals surface area contributed by atoms with Crippen LogP contribution in [0, 0.1) is 0 Å². The molecule has 1 aromatic carbocycles. The van der Waals surface area contributed by atoms with Crippen LogP contribution in [0.5, 0.6) is 11.5 Å². The lowest BCUT2D eigenvalue weighted by Crippen LogP contribution is -2.32. The van der Waals surface area contributed by atoms with Crippen LogP contribution in [0.3, 0.4) is 0 Å². The summed E-state index contributed by atoms with van der Waals surface area (Å²) in [4.78, 5) is 16.0. The van der Waals surface area contributed by atoms with Gasteiger partial charge in [0, 0.05) is 22.7 Å². The highest BCUT2D eigenvalue weighted by Gasteiger charge is 2.28. The van der Waals surface area contributed by atoms with Gasteiger partial charge < -0.3 is 14.8 Å². The molecule has 6 heteroatoms. The van der Waals surface area contributed by atoms with Crippen LogP contribution in [-0.2, 0) is 4.79 Å². The Morgan fingerprint density at radius 1 is 1.30 bits per heavy atom. The van der Waals surface area contributed by atoms with E-state index in [1.165, 1.54) is 4.88 Å². The van der Waals surface area contributed by atoms with Crippen molar-refractivity contribution in [3.63, 3.8) is 0 Å². The molecule has 0 aliphatic carbocycles. The summed E-state index contributed by atoms with van der Waals surface area (Å²) in [7, 11) is 0. The fraction of sp³-hybridized carbons (Fsp3) is 0.353. The minimum atomic E-state index is 0.00678. The molecule has 2 aromatic rings. The Balaban J connectivity index is 1.40. The number of rotatable bonds is 4. The largest absolute Gasteiger partial charge is 0.454 e. The summed E-state index contributed by atoms with van der Waals surface area (Å²) in [6.45, 7) is 1.62. The van der Waals surface area contributed by atoms with E-state index in [0.717, 1.165) is 30.8 Å². The SMILES string of the molecule is O=C(CN1CCC[C@@H]1c1cccs1)Nc1ccc2c(c1)OCO2. The molecular formula is C17H18N2O3S.